The van der Waals surface area contributed by atoms with Gasteiger partial charge in [0.15, 0.2) is 0 Å². The quantitative estimate of drug-likeness (QED) is 0.715. The smallest absolute Gasteiger partial charge is 0.139 e. The van der Waals surface area contributed by atoms with Crippen molar-refractivity contribution in [3.63, 3.8) is 0 Å². The third-order valence-corrected chi connectivity index (χ3v) is 2.82. The summed E-state index contributed by atoms with van der Waals surface area (Å²) in [7, 11) is 0. The fourth-order valence-corrected chi connectivity index (χ4v) is 1.73. The van der Waals surface area contributed by atoms with Gasteiger partial charge in [-0.05, 0) is 6.92 Å². The minimum Gasteiger partial charge on any atom is -0.376 e. The molecule has 1 saturated heterocycles. The SMILES string of the molecule is CC1CN(CCC(=O)C(C)(C)C)CCO1. The van der Waals surface area contributed by atoms with E-state index in [9.17, 15) is 4.79 Å². The summed E-state index contributed by atoms with van der Waals surface area (Å²) in [4.78, 5) is 14.0. The molecule has 0 spiro atoms. The van der Waals surface area contributed by atoms with Crippen LogP contribution in [0.4, 0.5) is 0 Å². The summed E-state index contributed by atoms with van der Waals surface area (Å²) in [5.41, 5.74) is -0.197. The topological polar surface area (TPSA) is 29.5 Å². The predicted octanol–water partition coefficient (Wildman–Crippen LogP) is 1.71. The maximum Gasteiger partial charge on any atom is 0.139 e. The summed E-state index contributed by atoms with van der Waals surface area (Å²) in [5, 5.41) is 0. The van der Waals surface area contributed by atoms with Gasteiger partial charge < -0.3 is 4.74 Å². The standard InChI is InChI=1S/C12H23NO2/c1-10-9-13(7-8-15-10)6-5-11(14)12(2,3)4/h10H,5-9H2,1-4H3. The van der Waals surface area contributed by atoms with E-state index in [2.05, 4.69) is 11.8 Å². The first-order valence-electron chi connectivity index (χ1n) is 5.77. The van der Waals surface area contributed by atoms with Crippen LogP contribution in [0.5, 0.6) is 0 Å². The second kappa shape index (κ2) is 5.08. The Labute approximate surface area is 92.8 Å². The molecule has 1 atom stereocenters. The molecule has 3 heteroatoms. The second-order valence-electron chi connectivity index (χ2n) is 5.41. The Morgan fingerprint density at radius 1 is 1.47 bits per heavy atom. The minimum atomic E-state index is -0.197. The zero-order chi connectivity index (χ0) is 11.5. The third-order valence-electron chi connectivity index (χ3n) is 2.82. The van der Waals surface area contributed by atoms with Crippen LogP contribution in [0.2, 0.25) is 0 Å². The Morgan fingerprint density at radius 2 is 2.13 bits per heavy atom. The van der Waals surface area contributed by atoms with Gasteiger partial charge in [-0.15, -0.1) is 0 Å². The molecule has 1 unspecified atom stereocenters. The average molecular weight is 213 g/mol. The molecule has 3 nitrogen and oxygen atoms in total. The van der Waals surface area contributed by atoms with Crippen LogP contribution in [-0.2, 0) is 9.53 Å². The van der Waals surface area contributed by atoms with Crippen LogP contribution >= 0.6 is 0 Å². The van der Waals surface area contributed by atoms with Gasteiger partial charge in [0.1, 0.15) is 5.78 Å². The Balaban J connectivity index is 2.28. The molecule has 88 valence electrons. The molecule has 0 aromatic heterocycles. The summed E-state index contributed by atoms with van der Waals surface area (Å²) in [5.74, 6) is 0.349. The number of hydrogen-bond donors (Lipinski definition) is 0. The lowest BCUT2D eigenvalue weighted by atomic mass is 9.89. The normalized spacial score (nSPS) is 24.1. The van der Waals surface area contributed by atoms with E-state index in [0.717, 1.165) is 26.2 Å². The summed E-state index contributed by atoms with van der Waals surface area (Å²) >= 11 is 0. The Hall–Kier alpha value is -0.410. The zero-order valence-corrected chi connectivity index (χ0v) is 10.4. The molecule has 1 aliphatic heterocycles. The predicted molar refractivity (Wildman–Crippen MR) is 60.9 cm³/mol. The van der Waals surface area contributed by atoms with E-state index < -0.39 is 0 Å². The van der Waals surface area contributed by atoms with Gasteiger partial charge in [0.2, 0.25) is 0 Å². The number of ketones is 1. The highest BCUT2D eigenvalue weighted by Crippen LogP contribution is 2.17. The first kappa shape index (κ1) is 12.7. The van der Waals surface area contributed by atoms with Crippen LogP contribution in [0.15, 0.2) is 0 Å². The molecule has 1 heterocycles. The summed E-state index contributed by atoms with van der Waals surface area (Å²) in [6, 6.07) is 0. The Bertz CT molecular complexity index is 220. The first-order chi connectivity index (χ1) is 6.89. The third kappa shape index (κ3) is 4.31. The number of nitrogens with zero attached hydrogens (tertiary/aromatic N) is 1. The number of hydrogen-bond acceptors (Lipinski definition) is 3. The Kier molecular flexibility index (Phi) is 4.29. The molecule has 1 fully saturated rings. The summed E-state index contributed by atoms with van der Waals surface area (Å²) < 4.78 is 5.46. The Morgan fingerprint density at radius 3 is 2.67 bits per heavy atom. The van der Waals surface area contributed by atoms with E-state index in [1.165, 1.54) is 0 Å². The lowest BCUT2D eigenvalue weighted by Crippen LogP contribution is -2.42. The highest BCUT2D eigenvalue weighted by molar-refractivity contribution is 5.83. The van der Waals surface area contributed by atoms with Gasteiger partial charge in [0.05, 0.1) is 12.7 Å². The van der Waals surface area contributed by atoms with Crippen molar-refractivity contribution in [3.05, 3.63) is 0 Å². The number of Topliss-reactive ketones (excluding diaryl/α,β-unsaturated/α-hetero) is 1. The van der Waals surface area contributed by atoms with Crippen molar-refractivity contribution in [1.82, 2.24) is 4.90 Å². The van der Waals surface area contributed by atoms with E-state index in [1.807, 2.05) is 20.8 Å². The number of carbonyl (C=O) groups excluding carboxylic acids is 1. The minimum absolute atomic E-state index is 0.197. The van der Waals surface area contributed by atoms with E-state index >= 15 is 0 Å². The highest BCUT2D eigenvalue weighted by atomic mass is 16.5. The molecule has 0 bridgehead atoms. The highest BCUT2D eigenvalue weighted by Gasteiger charge is 2.23. The molecule has 15 heavy (non-hydrogen) atoms. The van der Waals surface area contributed by atoms with Crippen molar-refractivity contribution in [2.45, 2.75) is 40.2 Å². The van der Waals surface area contributed by atoms with Crippen LogP contribution in [-0.4, -0.2) is 43.0 Å². The summed E-state index contributed by atoms with van der Waals surface area (Å²) in [6.45, 7) is 11.6. The van der Waals surface area contributed by atoms with Crippen LogP contribution in [0, 0.1) is 5.41 Å². The van der Waals surface area contributed by atoms with Crippen molar-refractivity contribution in [2.24, 2.45) is 5.41 Å². The van der Waals surface area contributed by atoms with Gasteiger partial charge in [-0.2, -0.15) is 0 Å². The van der Waals surface area contributed by atoms with E-state index in [1.54, 1.807) is 0 Å². The molecule has 1 aliphatic rings. The molecule has 0 amide bonds. The van der Waals surface area contributed by atoms with Gasteiger partial charge >= 0.3 is 0 Å². The fourth-order valence-electron chi connectivity index (χ4n) is 1.73. The molecule has 1 rings (SSSR count). The number of rotatable bonds is 3. The molecule has 0 aromatic carbocycles. The molecule has 0 aliphatic carbocycles. The largest absolute Gasteiger partial charge is 0.376 e. The van der Waals surface area contributed by atoms with E-state index in [0.29, 0.717) is 18.3 Å². The number of morpholine rings is 1. The second-order valence-corrected chi connectivity index (χ2v) is 5.41. The number of carbonyl (C=O) groups is 1. The van der Waals surface area contributed by atoms with Crippen LogP contribution in [0.3, 0.4) is 0 Å². The molecular weight excluding hydrogens is 190 g/mol. The molecule has 0 aromatic rings. The molecular formula is C12H23NO2. The lowest BCUT2D eigenvalue weighted by Gasteiger charge is -2.31. The van der Waals surface area contributed by atoms with Gasteiger partial charge in [-0.3, -0.25) is 9.69 Å². The summed E-state index contributed by atoms with van der Waals surface area (Å²) in [6.07, 6.45) is 0.972. The molecule has 0 radical (unpaired) electrons. The number of ether oxygens (including phenoxy) is 1. The fraction of sp³-hybridized carbons (Fsp3) is 0.917. The van der Waals surface area contributed by atoms with Crippen LogP contribution in [0.1, 0.15) is 34.1 Å². The van der Waals surface area contributed by atoms with E-state index in [4.69, 9.17) is 4.74 Å². The molecule has 0 saturated carbocycles. The van der Waals surface area contributed by atoms with Gasteiger partial charge in [0, 0.05) is 31.5 Å². The molecule has 0 N–H and O–H groups in total. The van der Waals surface area contributed by atoms with Crippen molar-refractivity contribution in [3.8, 4) is 0 Å². The van der Waals surface area contributed by atoms with Crippen molar-refractivity contribution < 1.29 is 9.53 Å². The van der Waals surface area contributed by atoms with Gasteiger partial charge in [-0.1, -0.05) is 20.8 Å². The maximum absolute atomic E-state index is 11.7. The zero-order valence-electron chi connectivity index (χ0n) is 10.4. The van der Waals surface area contributed by atoms with Crippen molar-refractivity contribution in [1.29, 1.82) is 0 Å². The van der Waals surface area contributed by atoms with Crippen molar-refractivity contribution >= 4 is 5.78 Å². The van der Waals surface area contributed by atoms with Crippen LogP contribution < -0.4 is 0 Å². The maximum atomic E-state index is 11.7. The van der Waals surface area contributed by atoms with Gasteiger partial charge in [0.25, 0.3) is 0 Å². The monoisotopic (exact) mass is 213 g/mol. The first-order valence-corrected chi connectivity index (χ1v) is 5.77. The van der Waals surface area contributed by atoms with Crippen LogP contribution in [0.25, 0.3) is 0 Å². The lowest BCUT2D eigenvalue weighted by molar-refractivity contribution is -0.127. The van der Waals surface area contributed by atoms with Gasteiger partial charge in [-0.25, -0.2) is 0 Å². The van der Waals surface area contributed by atoms with E-state index in [-0.39, 0.29) is 5.41 Å². The van der Waals surface area contributed by atoms with Crippen molar-refractivity contribution in [2.75, 3.05) is 26.2 Å². The average Bonchev–Trinajstić information content (AvgIpc) is 2.12.